The fourth-order valence-corrected chi connectivity index (χ4v) is 2.27. The summed E-state index contributed by atoms with van der Waals surface area (Å²) >= 11 is 5.11. The molecular formula is C14H20N4O3S. The standard InChI is InChI=1S/C14H20N4O3S/c1-9-13(20)12(10(8-19)5-15-9)7-17-18-14(22)16-6-11-3-2-4-21-11/h5,7,11,19-20H,2-4,6,8H2,1H3,(H2,16,18,22)/b17-7+/t11-/m1/s1. The van der Waals surface area contributed by atoms with Crippen molar-refractivity contribution < 1.29 is 14.9 Å². The van der Waals surface area contributed by atoms with E-state index in [9.17, 15) is 10.2 Å². The van der Waals surface area contributed by atoms with Crippen molar-refractivity contribution in [1.82, 2.24) is 15.7 Å². The molecule has 4 N–H and O–H groups in total. The lowest BCUT2D eigenvalue weighted by molar-refractivity contribution is 0.114. The second kappa shape index (κ2) is 8.02. The summed E-state index contributed by atoms with van der Waals surface area (Å²) in [7, 11) is 0. The number of ether oxygens (including phenoxy) is 1. The molecule has 1 fully saturated rings. The van der Waals surface area contributed by atoms with Gasteiger partial charge in [0.1, 0.15) is 5.75 Å². The molecule has 0 spiro atoms. The number of hydrogen-bond acceptors (Lipinski definition) is 6. The second-order valence-electron chi connectivity index (χ2n) is 5.00. The van der Waals surface area contributed by atoms with Crippen LogP contribution in [-0.2, 0) is 11.3 Å². The lowest BCUT2D eigenvalue weighted by Gasteiger charge is -2.12. The molecule has 1 aromatic heterocycles. The average Bonchev–Trinajstić information content (AvgIpc) is 3.03. The van der Waals surface area contributed by atoms with Crippen molar-refractivity contribution in [1.29, 1.82) is 0 Å². The van der Waals surface area contributed by atoms with Crippen LogP contribution in [0.4, 0.5) is 0 Å². The van der Waals surface area contributed by atoms with E-state index in [-0.39, 0.29) is 18.5 Å². The number of nitrogens with one attached hydrogen (secondary N) is 2. The van der Waals surface area contributed by atoms with Gasteiger partial charge in [-0.05, 0) is 32.0 Å². The molecule has 2 heterocycles. The van der Waals surface area contributed by atoms with Crippen LogP contribution in [0.15, 0.2) is 11.3 Å². The summed E-state index contributed by atoms with van der Waals surface area (Å²) in [6.45, 7) is 2.89. The zero-order chi connectivity index (χ0) is 15.9. The monoisotopic (exact) mass is 324 g/mol. The number of rotatable bonds is 5. The molecular weight excluding hydrogens is 304 g/mol. The maximum Gasteiger partial charge on any atom is 0.187 e. The first kappa shape index (κ1) is 16.6. The Labute approximate surface area is 134 Å². The number of thiocarbonyl (C=S) groups is 1. The molecule has 1 aliphatic heterocycles. The highest BCUT2D eigenvalue weighted by Gasteiger charge is 2.15. The zero-order valence-corrected chi connectivity index (χ0v) is 13.2. The molecule has 0 aromatic carbocycles. The summed E-state index contributed by atoms with van der Waals surface area (Å²) in [5, 5.41) is 26.6. The van der Waals surface area contributed by atoms with Gasteiger partial charge in [-0.3, -0.25) is 10.4 Å². The molecule has 1 aromatic rings. The number of nitrogens with zero attached hydrogens (tertiary/aromatic N) is 2. The molecule has 0 amide bonds. The molecule has 0 radical (unpaired) electrons. The fourth-order valence-electron chi connectivity index (χ4n) is 2.13. The summed E-state index contributed by atoms with van der Waals surface area (Å²) < 4.78 is 5.48. The van der Waals surface area contributed by atoms with Gasteiger partial charge in [-0.1, -0.05) is 0 Å². The number of aromatic nitrogens is 1. The smallest absolute Gasteiger partial charge is 0.187 e. The highest BCUT2D eigenvalue weighted by molar-refractivity contribution is 7.80. The molecule has 0 bridgehead atoms. The van der Waals surface area contributed by atoms with Crippen molar-refractivity contribution >= 4 is 23.5 Å². The van der Waals surface area contributed by atoms with Gasteiger partial charge in [-0.2, -0.15) is 5.10 Å². The van der Waals surface area contributed by atoms with E-state index in [1.54, 1.807) is 6.92 Å². The van der Waals surface area contributed by atoms with Crippen molar-refractivity contribution in [2.45, 2.75) is 32.5 Å². The van der Waals surface area contributed by atoms with Crippen LogP contribution in [0.2, 0.25) is 0 Å². The Morgan fingerprint density at radius 3 is 3.14 bits per heavy atom. The summed E-state index contributed by atoms with van der Waals surface area (Å²) in [6, 6.07) is 0. The molecule has 1 aliphatic rings. The summed E-state index contributed by atoms with van der Waals surface area (Å²) in [5.41, 5.74) is 4.06. The minimum atomic E-state index is -0.232. The van der Waals surface area contributed by atoms with E-state index in [1.165, 1.54) is 12.4 Å². The van der Waals surface area contributed by atoms with E-state index in [0.29, 0.717) is 28.5 Å². The lowest BCUT2D eigenvalue weighted by atomic mass is 10.1. The Hall–Kier alpha value is -1.77. The van der Waals surface area contributed by atoms with Gasteiger partial charge >= 0.3 is 0 Å². The van der Waals surface area contributed by atoms with E-state index < -0.39 is 0 Å². The number of pyridine rings is 1. The second-order valence-corrected chi connectivity index (χ2v) is 5.41. The summed E-state index contributed by atoms with van der Waals surface area (Å²) in [5.74, 6) is -0.00432. The zero-order valence-electron chi connectivity index (χ0n) is 12.4. The molecule has 1 atom stereocenters. The largest absolute Gasteiger partial charge is 0.505 e. The van der Waals surface area contributed by atoms with Crippen LogP contribution in [0.3, 0.4) is 0 Å². The maximum absolute atomic E-state index is 9.96. The van der Waals surface area contributed by atoms with Crippen LogP contribution in [0.5, 0.6) is 5.75 Å². The molecule has 1 saturated heterocycles. The van der Waals surface area contributed by atoms with Gasteiger partial charge in [-0.15, -0.1) is 0 Å². The van der Waals surface area contributed by atoms with E-state index in [1.807, 2.05) is 0 Å². The molecule has 2 rings (SSSR count). The minimum absolute atomic E-state index is 0.00432. The Morgan fingerprint density at radius 1 is 1.64 bits per heavy atom. The number of aryl methyl sites for hydroxylation is 1. The van der Waals surface area contributed by atoms with Crippen molar-refractivity contribution in [3.63, 3.8) is 0 Å². The average molecular weight is 324 g/mol. The summed E-state index contributed by atoms with van der Waals surface area (Å²) in [4.78, 5) is 3.98. The van der Waals surface area contributed by atoms with Crippen LogP contribution < -0.4 is 10.7 Å². The highest BCUT2D eigenvalue weighted by atomic mass is 32.1. The van der Waals surface area contributed by atoms with E-state index in [0.717, 1.165) is 19.4 Å². The van der Waals surface area contributed by atoms with Gasteiger partial charge < -0.3 is 20.3 Å². The van der Waals surface area contributed by atoms with Crippen LogP contribution in [0, 0.1) is 6.92 Å². The third kappa shape index (κ3) is 4.36. The van der Waals surface area contributed by atoms with E-state index in [4.69, 9.17) is 17.0 Å². The predicted octanol–water partition coefficient (Wildman–Crippen LogP) is 0.565. The molecule has 120 valence electrons. The van der Waals surface area contributed by atoms with E-state index >= 15 is 0 Å². The normalized spacial score (nSPS) is 17.8. The molecule has 0 saturated carbocycles. The first-order valence-corrected chi connectivity index (χ1v) is 7.49. The minimum Gasteiger partial charge on any atom is -0.505 e. The van der Waals surface area contributed by atoms with Crippen molar-refractivity contribution in [3.05, 3.63) is 23.0 Å². The number of hydrazone groups is 1. The first-order valence-electron chi connectivity index (χ1n) is 7.08. The SMILES string of the molecule is Cc1ncc(CO)c(/C=N/NC(=S)NC[C@H]2CCCO2)c1O. The van der Waals surface area contributed by atoms with Gasteiger partial charge in [0, 0.05) is 30.5 Å². The molecule has 8 heteroatoms. The fraction of sp³-hybridized carbons (Fsp3) is 0.500. The first-order chi connectivity index (χ1) is 10.6. The Balaban J connectivity index is 1.89. The van der Waals surface area contributed by atoms with Crippen molar-refractivity contribution in [2.75, 3.05) is 13.2 Å². The number of aromatic hydroxyl groups is 1. The molecule has 22 heavy (non-hydrogen) atoms. The number of hydrogen-bond donors (Lipinski definition) is 4. The van der Waals surface area contributed by atoms with Gasteiger partial charge in [0.2, 0.25) is 0 Å². The quantitative estimate of drug-likeness (QED) is 0.357. The van der Waals surface area contributed by atoms with E-state index in [2.05, 4.69) is 20.8 Å². The predicted molar refractivity (Wildman–Crippen MR) is 86.9 cm³/mol. The lowest BCUT2D eigenvalue weighted by Crippen LogP contribution is -2.37. The Morgan fingerprint density at radius 2 is 2.45 bits per heavy atom. The molecule has 0 unspecified atom stereocenters. The van der Waals surface area contributed by atoms with Crippen LogP contribution in [0.25, 0.3) is 0 Å². The number of aliphatic hydroxyl groups excluding tert-OH is 1. The highest BCUT2D eigenvalue weighted by Crippen LogP contribution is 2.21. The molecule has 0 aliphatic carbocycles. The van der Waals surface area contributed by atoms with Gasteiger partial charge in [-0.25, -0.2) is 0 Å². The van der Waals surface area contributed by atoms with Crippen LogP contribution >= 0.6 is 12.2 Å². The Bertz CT molecular complexity index is 559. The topological polar surface area (TPSA) is 99.0 Å². The molecule has 7 nitrogen and oxygen atoms in total. The maximum atomic E-state index is 9.96. The van der Waals surface area contributed by atoms with Gasteiger partial charge in [0.15, 0.2) is 5.11 Å². The third-order valence-electron chi connectivity index (χ3n) is 3.40. The summed E-state index contributed by atoms with van der Waals surface area (Å²) in [6.07, 6.45) is 5.22. The third-order valence-corrected chi connectivity index (χ3v) is 3.64. The van der Waals surface area contributed by atoms with Gasteiger partial charge in [0.05, 0.1) is 24.6 Å². The van der Waals surface area contributed by atoms with Crippen molar-refractivity contribution in [2.24, 2.45) is 5.10 Å². The van der Waals surface area contributed by atoms with Crippen LogP contribution in [0.1, 0.15) is 29.7 Å². The number of aliphatic hydroxyl groups is 1. The van der Waals surface area contributed by atoms with Crippen molar-refractivity contribution in [3.8, 4) is 5.75 Å². The Kier molecular flexibility index (Phi) is 6.05. The van der Waals surface area contributed by atoms with Gasteiger partial charge in [0.25, 0.3) is 0 Å². The van der Waals surface area contributed by atoms with Crippen LogP contribution in [-0.4, -0.2) is 45.8 Å².